The molecule has 2 aromatic rings. The van der Waals surface area contributed by atoms with Crippen LogP contribution < -0.4 is 10.1 Å². The molecule has 30 heavy (non-hydrogen) atoms. The summed E-state index contributed by atoms with van der Waals surface area (Å²) in [6.45, 7) is 7.45. The molecule has 7 nitrogen and oxygen atoms in total. The minimum absolute atomic E-state index is 0.00488. The molecular formula is C22H27ClN2O5. The topological polar surface area (TPSA) is 93.3 Å². The van der Waals surface area contributed by atoms with Crippen LogP contribution in [0.3, 0.4) is 0 Å². The zero-order chi connectivity index (χ0) is 22.1. The smallest absolute Gasteiger partial charge is 0.339 e. The van der Waals surface area contributed by atoms with E-state index in [2.05, 4.69) is 25.9 Å². The highest BCUT2D eigenvalue weighted by Crippen LogP contribution is 2.45. The van der Waals surface area contributed by atoms with Gasteiger partial charge in [-0.25, -0.2) is 4.79 Å². The van der Waals surface area contributed by atoms with E-state index in [0.717, 1.165) is 23.2 Å². The van der Waals surface area contributed by atoms with Crippen LogP contribution in [0.5, 0.6) is 5.75 Å². The lowest BCUT2D eigenvalue weighted by atomic mass is 9.79. The lowest BCUT2D eigenvalue weighted by Gasteiger charge is -2.39. The highest BCUT2D eigenvalue weighted by Gasteiger charge is 2.33. The van der Waals surface area contributed by atoms with Crippen LogP contribution in [0.25, 0.3) is 11.3 Å². The molecule has 1 aliphatic rings. The van der Waals surface area contributed by atoms with Crippen molar-refractivity contribution in [2.75, 3.05) is 20.3 Å². The fourth-order valence-corrected chi connectivity index (χ4v) is 4.03. The minimum atomic E-state index is -1.14. The van der Waals surface area contributed by atoms with E-state index in [1.807, 2.05) is 16.7 Å². The molecule has 0 bridgehead atoms. The first-order valence-electron chi connectivity index (χ1n) is 9.79. The Bertz CT molecular complexity index is 1020. The standard InChI is InChI=1S/C22H27ClN2O5/c1-22(2,3)20-9-13-8-19(30-7-5-6-29-4)16(23)10-14(13)18-11-17(24-28)15(21(26)27)12-25(18)20/h8,10-12,20,28H,5-7,9H2,1-4H3,(H,26,27). The van der Waals surface area contributed by atoms with Crippen molar-refractivity contribution in [3.05, 3.63) is 45.9 Å². The van der Waals surface area contributed by atoms with Gasteiger partial charge in [-0.3, -0.25) is 0 Å². The average molecular weight is 435 g/mol. The van der Waals surface area contributed by atoms with Crippen molar-refractivity contribution in [3.8, 4) is 17.0 Å². The number of pyridine rings is 1. The Balaban J connectivity index is 2.15. The zero-order valence-corrected chi connectivity index (χ0v) is 18.4. The Kier molecular flexibility index (Phi) is 6.43. The average Bonchev–Trinajstić information content (AvgIpc) is 2.69. The third-order valence-corrected chi connectivity index (χ3v) is 5.66. The summed E-state index contributed by atoms with van der Waals surface area (Å²) in [7, 11) is 1.65. The lowest BCUT2D eigenvalue weighted by molar-refractivity contribution is 0.0691. The normalized spacial score (nSPS) is 16.2. The molecular weight excluding hydrogens is 408 g/mol. The second-order valence-electron chi connectivity index (χ2n) is 8.49. The van der Waals surface area contributed by atoms with Gasteiger partial charge in [0.2, 0.25) is 0 Å². The Labute approximate surface area is 180 Å². The van der Waals surface area contributed by atoms with Gasteiger partial charge < -0.3 is 24.4 Å². The van der Waals surface area contributed by atoms with Crippen molar-refractivity contribution in [3.63, 3.8) is 0 Å². The Morgan fingerprint density at radius 3 is 2.63 bits per heavy atom. The van der Waals surface area contributed by atoms with Gasteiger partial charge >= 0.3 is 5.97 Å². The van der Waals surface area contributed by atoms with E-state index in [9.17, 15) is 15.1 Å². The predicted molar refractivity (Wildman–Crippen MR) is 113 cm³/mol. The molecule has 0 fully saturated rings. The third-order valence-electron chi connectivity index (χ3n) is 5.37. The number of methoxy groups -OCH3 is 1. The van der Waals surface area contributed by atoms with E-state index in [0.29, 0.717) is 30.4 Å². The van der Waals surface area contributed by atoms with Crippen LogP contribution in [0.2, 0.25) is 5.02 Å². The fourth-order valence-electron chi connectivity index (χ4n) is 3.81. The van der Waals surface area contributed by atoms with Crippen LogP contribution in [0, 0.1) is 5.41 Å². The molecule has 3 rings (SSSR count). The molecule has 0 saturated carbocycles. The van der Waals surface area contributed by atoms with Crippen LogP contribution in [-0.2, 0) is 11.2 Å². The van der Waals surface area contributed by atoms with Gasteiger partial charge in [-0.15, -0.1) is 0 Å². The summed E-state index contributed by atoms with van der Waals surface area (Å²) in [5, 5.41) is 22.6. The number of aromatic nitrogens is 1. The third kappa shape index (κ3) is 4.32. The van der Waals surface area contributed by atoms with Crippen LogP contribution in [-0.4, -0.2) is 41.2 Å². The molecule has 0 radical (unpaired) electrons. The number of aromatic carboxylic acids is 1. The number of carboxylic acids is 1. The summed E-state index contributed by atoms with van der Waals surface area (Å²) >= 11 is 6.49. The molecule has 0 aliphatic carbocycles. The Hall–Kier alpha value is -2.51. The fraction of sp³-hybridized carbons (Fsp3) is 0.455. The van der Waals surface area contributed by atoms with E-state index >= 15 is 0 Å². The van der Waals surface area contributed by atoms with Crippen molar-refractivity contribution in [2.45, 2.75) is 39.7 Å². The van der Waals surface area contributed by atoms with Crippen molar-refractivity contribution in [2.24, 2.45) is 10.6 Å². The van der Waals surface area contributed by atoms with Gasteiger partial charge in [0, 0.05) is 37.9 Å². The first kappa shape index (κ1) is 22.2. The van der Waals surface area contributed by atoms with E-state index in [4.69, 9.17) is 21.1 Å². The van der Waals surface area contributed by atoms with Gasteiger partial charge in [-0.05, 0) is 35.6 Å². The maximum absolute atomic E-state index is 11.7. The highest BCUT2D eigenvalue weighted by molar-refractivity contribution is 6.32. The molecule has 2 N–H and O–H groups in total. The molecule has 1 aromatic carbocycles. The number of halogens is 1. The lowest BCUT2D eigenvalue weighted by Crippen LogP contribution is -2.33. The summed E-state index contributed by atoms with van der Waals surface area (Å²) in [4.78, 5) is 11.7. The zero-order valence-electron chi connectivity index (χ0n) is 17.6. The molecule has 0 saturated heterocycles. The van der Waals surface area contributed by atoms with Gasteiger partial charge in [-0.2, -0.15) is 0 Å². The van der Waals surface area contributed by atoms with Gasteiger partial charge in [0.05, 0.1) is 17.3 Å². The number of nitrogens with zero attached hydrogens (tertiary/aromatic N) is 2. The van der Waals surface area contributed by atoms with Gasteiger partial charge in [0.25, 0.3) is 0 Å². The summed E-state index contributed by atoms with van der Waals surface area (Å²) < 4.78 is 12.9. The number of carbonyl (C=O) groups is 1. The molecule has 0 amide bonds. The van der Waals surface area contributed by atoms with E-state index in [1.165, 1.54) is 0 Å². The van der Waals surface area contributed by atoms with Crippen molar-refractivity contribution in [1.29, 1.82) is 0 Å². The molecule has 2 heterocycles. The maximum Gasteiger partial charge on any atom is 0.339 e. The molecule has 162 valence electrons. The Morgan fingerprint density at radius 1 is 1.30 bits per heavy atom. The number of hydrogen-bond donors (Lipinski definition) is 2. The Morgan fingerprint density at radius 2 is 2.03 bits per heavy atom. The summed E-state index contributed by atoms with van der Waals surface area (Å²) in [6, 6.07) is 5.37. The number of rotatable bonds is 6. The van der Waals surface area contributed by atoms with Crippen LogP contribution >= 0.6 is 11.6 Å². The molecule has 1 atom stereocenters. The summed E-state index contributed by atoms with van der Waals surface area (Å²) in [5.74, 6) is -0.531. The van der Waals surface area contributed by atoms with Gasteiger partial charge in [-0.1, -0.05) is 37.5 Å². The monoisotopic (exact) mass is 434 g/mol. The molecule has 1 aromatic heterocycles. The van der Waals surface area contributed by atoms with E-state index in [1.54, 1.807) is 19.4 Å². The summed E-state index contributed by atoms with van der Waals surface area (Å²) in [5.41, 5.74) is 2.47. The van der Waals surface area contributed by atoms with Crippen LogP contribution in [0.15, 0.2) is 29.6 Å². The van der Waals surface area contributed by atoms with Crippen LogP contribution in [0.1, 0.15) is 49.2 Å². The number of benzene rings is 1. The second-order valence-corrected chi connectivity index (χ2v) is 8.90. The SMILES string of the molecule is COCCCOc1cc2c(cc1Cl)-c1cc(=NO)c(C(=O)O)cn1C(C(C)(C)C)C2. The molecule has 1 aliphatic heterocycles. The maximum atomic E-state index is 11.7. The quantitative estimate of drug-likeness (QED) is 0.400. The first-order chi connectivity index (χ1) is 14.2. The first-order valence-corrected chi connectivity index (χ1v) is 10.2. The molecule has 0 spiro atoms. The largest absolute Gasteiger partial charge is 0.492 e. The predicted octanol–water partition coefficient (Wildman–Crippen LogP) is 4.36. The van der Waals surface area contributed by atoms with E-state index in [-0.39, 0.29) is 22.4 Å². The van der Waals surface area contributed by atoms with Crippen molar-refractivity contribution < 1.29 is 24.6 Å². The number of hydrogen-bond acceptors (Lipinski definition) is 5. The minimum Gasteiger partial charge on any atom is -0.492 e. The number of carboxylic acid groups (broad SMARTS) is 1. The summed E-state index contributed by atoms with van der Waals surface area (Å²) in [6.07, 6.45) is 3.00. The van der Waals surface area contributed by atoms with Crippen LogP contribution in [0.4, 0.5) is 0 Å². The van der Waals surface area contributed by atoms with Crippen molar-refractivity contribution >= 4 is 17.6 Å². The second kappa shape index (κ2) is 8.70. The number of ether oxygens (including phenoxy) is 2. The van der Waals surface area contributed by atoms with Gasteiger partial charge in [0.1, 0.15) is 16.7 Å². The van der Waals surface area contributed by atoms with E-state index < -0.39 is 5.97 Å². The van der Waals surface area contributed by atoms with Crippen molar-refractivity contribution in [1.82, 2.24) is 4.57 Å². The molecule has 8 heteroatoms. The number of fused-ring (bicyclic) bond motifs is 3. The van der Waals surface area contributed by atoms with Gasteiger partial charge in [0.15, 0.2) is 0 Å². The molecule has 1 unspecified atom stereocenters. The highest BCUT2D eigenvalue weighted by atomic mass is 35.5.